The average Bonchev–Trinajstić information content (AvgIpc) is 2.87. The first-order valence-electron chi connectivity index (χ1n) is 12.9. The molecule has 0 aliphatic carbocycles. The number of phenolic OH excluding ortho intramolecular Hbond substituents is 1. The standard InChI is InChI=1S/C28H30Cl2F2N6O2/c1-6-21(39)37-10-15(3)38(11-14(37)2)27-17-9-19(30)22(23-20(31)8-7-18(29)26(23)40)24(32)25(17)33-28(34-27)36-12-16(13-36)35(4)5/h6-9,14-16,40H,1,10-13H2,2-5H3/t14-,15+/m1/s1. The van der Waals surface area contributed by atoms with Crippen molar-refractivity contribution in [3.05, 3.63) is 52.5 Å². The zero-order valence-electron chi connectivity index (χ0n) is 22.6. The topological polar surface area (TPSA) is 76.0 Å². The number of phenols is 1. The van der Waals surface area contributed by atoms with E-state index in [-0.39, 0.29) is 39.1 Å². The van der Waals surface area contributed by atoms with E-state index in [1.807, 2.05) is 37.7 Å². The monoisotopic (exact) mass is 590 g/mol. The van der Waals surface area contributed by atoms with Crippen LogP contribution in [0.5, 0.6) is 5.75 Å². The molecule has 1 amide bonds. The van der Waals surface area contributed by atoms with Gasteiger partial charge < -0.3 is 24.7 Å². The van der Waals surface area contributed by atoms with E-state index < -0.39 is 22.9 Å². The van der Waals surface area contributed by atoms with E-state index in [0.717, 1.165) is 6.07 Å². The van der Waals surface area contributed by atoms with E-state index in [1.165, 1.54) is 18.2 Å². The van der Waals surface area contributed by atoms with Crippen LogP contribution in [0.2, 0.25) is 10.0 Å². The highest BCUT2D eigenvalue weighted by atomic mass is 35.5. The summed E-state index contributed by atoms with van der Waals surface area (Å²) in [7, 11) is 3.98. The second-order valence-electron chi connectivity index (χ2n) is 10.6. The number of rotatable bonds is 5. The second kappa shape index (κ2) is 10.6. The molecule has 1 N–H and O–H groups in total. The molecule has 2 atom stereocenters. The number of aromatic nitrogens is 2. The summed E-state index contributed by atoms with van der Waals surface area (Å²) in [6.45, 7) is 9.63. The molecule has 212 valence electrons. The molecule has 3 heterocycles. The molecule has 0 radical (unpaired) electrons. The number of aromatic hydroxyl groups is 1. The van der Waals surface area contributed by atoms with Gasteiger partial charge in [-0.15, -0.1) is 0 Å². The van der Waals surface area contributed by atoms with Gasteiger partial charge in [0.15, 0.2) is 5.82 Å². The first kappa shape index (κ1) is 28.3. The molecular formula is C28H30Cl2F2N6O2. The number of amides is 1. The molecule has 2 aromatic carbocycles. The Morgan fingerprint density at radius 2 is 1.77 bits per heavy atom. The highest BCUT2D eigenvalue weighted by molar-refractivity contribution is 6.35. The lowest BCUT2D eigenvalue weighted by molar-refractivity contribution is -0.128. The van der Waals surface area contributed by atoms with Gasteiger partial charge in [0.2, 0.25) is 11.9 Å². The molecular weight excluding hydrogens is 561 g/mol. The Morgan fingerprint density at radius 3 is 2.42 bits per heavy atom. The van der Waals surface area contributed by atoms with E-state index in [0.29, 0.717) is 49.4 Å². The third-order valence-electron chi connectivity index (χ3n) is 7.77. The maximum absolute atomic E-state index is 16.4. The number of hydrogen-bond donors (Lipinski definition) is 1. The smallest absolute Gasteiger partial charge is 0.246 e. The number of carbonyl (C=O) groups is 1. The van der Waals surface area contributed by atoms with E-state index in [1.54, 1.807) is 4.90 Å². The fraction of sp³-hybridized carbons (Fsp3) is 0.393. The second-order valence-corrected chi connectivity index (χ2v) is 11.4. The van der Waals surface area contributed by atoms with Crippen LogP contribution in [0.4, 0.5) is 20.5 Å². The molecule has 0 spiro atoms. The summed E-state index contributed by atoms with van der Waals surface area (Å²) in [5.74, 6) is -1.76. The minimum Gasteiger partial charge on any atom is -0.506 e. The lowest BCUT2D eigenvalue weighted by Crippen LogP contribution is -2.59. The average molecular weight is 591 g/mol. The number of halogens is 4. The normalized spacial score (nSPS) is 19.9. The predicted molar refractivity (Wildman–Crippen MR) is 154 cm³/mol. The number of piperazine rings is 1. The van der Waals surface area contributed by atoms with Crippen molar-refractivity contribution in [2.45, 2.75) is 32.0 Å². The molecule has 2 aliphatic rings. The molecule has 12 heteroatoms. The van der Waals surface area contributed by atoms with Crippen molar-refractivity contribution in [2.75, 3.05) is 50.1 Å². The summed E-state index contributed by atoms with van der Waals surface area (Å²) in [5, 5.41) is 10.6. The van der Waals surface area contributed by atoms with Crippen molar-refractivity contribution in [1.82, 2.24) is 19.8 Å². The van der Waals surface area contributed by atoms with Crippen LogP contribution in [0, 0.1) is 11.6 Å². The van der Waals surface area contributed by atoms with Crippen molar-refractivity contribution in [2.24, 2.45) is 0 Å². The number of hydrogen-bond acceptors (Lipinski definition) is 7. The molecule has 5 rings (SSSR count). The Labute approximate surface area is 241 Å². The molecule has 0 saturated carbocycles. The van der Waals surface area contributed by atoms with Crippen LogP contribution in [0.3, 0.4) is 0 Å². The minimum atomic E-state index is -0.894. The van der Waals surface area contributed by atoms with Crippen LogP contribution >= 0.6 is 23.2 Å². The quantitative estimate of drug-likeness (QED) is 0.421. The molecule has 0 unspecified atom stereocenters. The van der Waals surface area contributed by atoms with Crippen LogP contribution in [0.1, 0.15) is 13.8 Å². The maximum atomic E-state index is 16.4. The van der Waals surface area contributed by atoms with Gasteiger partial charge in [0.25, 0.3) is 0 Å². The van der Waals surface area contributed by atoms with Crippen molar-refractivity contribution in [1.29, 1.82) is 0 Å². The zero-order chi connectivity index (χ0) is 29.0. The first-order valence-corrected chi connectivity index (χ1v) is 13.7. The molecule has 3 aromatic rings. The lowest BCUT2D eigenvalue weighted by Gasteiger charge is -2.45. The summed E-state index contributed by atoms with van der Waals surface area (Å²) in [4.78, 5) is 29.7. The minimum absolute atomic E-state index is 0.0593. The maximum Gasteiger partial charge on any atom is 0.246 e. The molecule has 2 aliphatic heterocycles. The third-order valence-corrected chi connectivity index (χ3v) is 8.37. The molecule has 0 bridgehead atoms. The van der Waals surface area contributed by atoms with Crippen LogP contribution in [0.25, 0.3) is 22.0 Å². The Balaban J connectivity index is 1.70. The Morgan fingerprint density at radius 1 is 1.07 bits per heavy atom. The van der Waals surface area contributed by atoms with E-state index >= 15 is 4.39 Å². The van der Waals surface area contributed by atoms with Gasteiger partial charge in [-0.25, -0.2) is 13.8 Å². The van der Waals surface area contributed by atoms with Crippen LogP contribution in [0.15, 0.2) is 30.9 Å². The summed E-state index contributed by atoms with van der Waals surface area (Å²) in [6, 6.07) is 3.67. The van der Waals surface area contributed by atoms with Crippen LogP contribution in [-0.2, 0) is 4.79 Å². The number of benzene rings is 2. The van der Waals surface area contributed by atoms with E-state index in [2.05, 4.69) is 16.5 Å². The fourth-order valence-corrected chi connectivity index (χ4v) is 5.77. The van der Waals surface area contributed by atoms with Gasteiger partial charge in [-0.05, 0) is 52.2 Å². The third kappa shape index (κ3) is 4.71. The largest absolute Gasteiger partial charge is 0.506 e. The number of fused-ring (bicyclic) bond motifs is 1. The fourth-order valence-electron chi connectivity index (χ4n) is 5.33. The van der Waals surface area contributed by atoms with E-state index in [4.69, 9.17) is 28.2 Å². The Hall–Kier alpha value is -3.21. The van der Waals surface area contributed by atoms with E-state index in [9.17, 15) is 14.3 Å². The van der Waals surface area contributed by atoms with Gasteiger partial charge in [-0.3, -0.25) is 4.79 Å². The summed E-state index contributed by atoms with van der Waals surface area (Å²) < 4.78 is 31.3. The molecule has 8 nitrogen and oxygen atoms in total. The van der Waals surface area contributed by atoms with Gasteiger partial charge in [-0.2, -0.15) is 4.98 Å². The van der Waals surface area contributed by atoms with Crippen molar-refractivity contribution in [3.63, 3.8) is 0 Å². The number of nitrogens with zero attached hydrogens (tertiary/aromatic N) is 6. The van der Waals surface area contributed by atoms with Gasteiger partial charge in [0, 0.05) is 55.3 Å². The molecule has 2 fully saturated rings. The van der Waals surface area contributed by atoms with Gasteiger partial charge in [-0.1, -0.05) is 29.8 Å². The van der Waals surface area contributed by atoms with Crippen molar-refractivity contribution >= 4 is 51.8 Å². The van der Waals surface area contributed by atoms with Crippen LogP contribution < -0.4 is 9.80 Å². The summed E-state index contributed by atoms with van der Waals surface area (Å²) >= 11 is 12.6. The predicted octanol–water partition coefficient (Wildman–Crippen LogP) is 4.95. The molecule has 2 saturated heterocycles. The molecule has 1 aromatic heterocycles. The Kier molecular flexibility index (Phi) is 7.54. The number of anilines is 2. The Bertz CT molecular complexity index is 1510. The first-order chi connectivity index (χ1) is 18.9. The van der Waals surface area contributed by atoms with Crippen molar-refractivity contribution < 1.29 is 18.7 Å². The van der Waals surface area contributed by atoms with Gasteiger partial charge >= 0.3 is 0 Å². The zero-order valence-corrected chi connectivity index (χ0v) is 24.1. The SMILES string of the molecule is C=CC(=O)N1C[C@H](C)N(c2nc(N3CC(N(C)C)C3)nc3c(F)c(-c4c(F)ccc(Cl)c4O)c(Cl)cc23)C[C@H]1C. The van der Waals surface area contributed by atoms with Crippen LogP contribution in [-0.4, -0.2) is 89.2 Å². The summed E-state index contributed by atoms with van der Waals surface area (Å²) in [5.41, 5.74) is -0.829. The van der Waals surface area contributed by atoms with Crippen molar-refractivity contribution in [3.8, 4) is 16.9 Å². The van der Waals surface area contributed by atoms with Gasteiger partial charge in [0.1, 0.15) is 22.9 Å². The number of likely N-dealkylation sites (N-methyl/N-ethyl adjacent to an activating group) is 1. The lowest BCUT2D eigenvalue weighted by atomic mass is 10.00. The highest BCUT2D eigenvalue weighted by Crippen LogP contribution is 2.45. The number of carbonyl (C=O) groups excluding carboxylic acids is 1. The summed E-state index contributed by atoms with van der Waals surface area (Å²) in [6.07, 6.45) is 1.29. The van der Waals surface area contributed by atoms with Gasteiger partial charge in [0.05, 0.1) is 15.6 Å². The highest BCUT2D eigenvalue weighted by Gasteiger charge is 2.36. The molecule has 40 heavy (non-hydrogen) atoms.